The largest absolute Gasteiger partial charge is 1.00 e. The molecule has 0 aliphatic carbocycles. The maximum Gasteiger partial charge on any atom is 0.737 e. The van der Waals surface area contributed by atoms with E-state index in [1.165, 1.54) is 0 Å². The summed E-state index contributed by atoms with van der Waals surface area (Å²) in [5.41, 5.74) is 4.85. The number of carbonyl (C=O) groups is 1. The molecule has 0 spiro atoms. The average Bonchev–Trinajstić information content (AvgIpc) is 3.26. The molecule has 4 rings (SSSR count). The first-order valence-corrected chi connectivity index (χ1v) is 8.42. The molecule has 0 saturated carbocycles. The van der Waals surface area contributed by atoms with Crippen LogP contribution in [0.3, 0.4) is 0 Å². The summed E-state index contributed by atoms with van der Waals surface area (Å²) in [6.45, 7) is -4.06. The zero-order valence-electron chi connectivity index (χ0n) is 14.4. The molecular weight excluding hydrogens is 372 g/mol. The first-order valence-electron chi connectivity index (χ1n) is 8.42. The highest BCUT2D eigenvalue weighted by Crippen LogP contribution is 2.33. The van der Waals surface area contributed by atoms with Crippen molar-refractivity contribution in [1.82, 2.24) is 9.90 Å². The van der Waals surface area contributed by atoms with E-state index in [0.717, 1.165) is 14.5 Å². The number of hydrogen-bond donors (Lipinski definition) is 2. The topological polar surface area (TPSA) is 64.7 Å². The summed E-state index contributed by atoms with van der Waals surface area (Å²) in [7, 11) is 0. The van der Waals surface area contributed by atoms with Crippen molar-refractivity contribution in [3.63, 3.8) is 0 Å². The van der Waals surface area contributed by atoms with E-state index < -0.39 is 6.97 Å². The van der Waals surface area contributed by atoms with Crippen molar-refractivity contribution in [3.05, 3.63) is 77.3 Å². The molecule has 27 heavy (non-hydrogen) atoms. The van der Waals surface area contributed by atoms with Gasteiger partial charge in [0.25, 0.3) is 5.91 Å². The predicted octanol–water partition coefficient (Wildman–Crippen LogP) is -1.65. The Morgan fingerprint density at radius 3 is 2.59 bits per heavy atom. The summed E-state index contributed by atoms with van der Waals surface area (Å²) in [6, 6.07) is 12.5. The molecular formula is C18H18BClF2N4O. The number of hydrogen-bond acceptors (Lipinski definition) is 1. The quantitative estimate of drug-likeness (QED) is 0.477. The predicted molar refractivity (Wildman–Crippen MR) is 95.1 cm³/mol. The first kappa shape index (κ1) is 19.1. The van der Waals surface area contributed by atoms with Crippen LogP contribution in [0.5, 0.6) is 0 Å². The lowest BCUT2D eigenvalue weighted by Crippen LogP contribution is -3.00. The first-order chi connectivity index (χ1) is 12.5. The van der Waals surface area contributed by atoms with Crippen molar-refractivity contribution >= 4 is 24.7 Å². The smallest absolute Gasteiger partial charge is 0.737 e. The van der Waals surface area contributed by atoms with Crippen LogP contribution in [-0.2, 0) is 11.2 Å². The Bertz CT molecular complexity index is 983. The number of halogens is 3. The molecule has 0 unspecified atom stereocenters. The minimum atomic E-state index is -4.06. The zero-order valence-corrected chi connectivity index (χ0v) is 15.2. The average molecular weight is 391 g/mol. The highest BCUT2D eigenvalue weighted by atomic mass is 35.5. The van der Waals surface area contributed by atoms with Gasteiger partial charge < -0.3 is 30.0 Å². The van der Waals surface area contributed by atoms with Gasteiger partial charge in [0.1, 0.15) is 0 Å². The van der Waals surface area contributed by atoms with Crippen LogP contribution in [0.25, 0.3) is 6.08 Å². The third-order valence-corrected chi connectivity index (χ3v) is 4.78. The number of allylic oxidation sites excluding steroid dienone is 2. The van der Waals surface area contributed by atoms with Crippen molar-refractivity contribution in [2.45, 2.75) is 12.8 Å². The molecule has 5 nitrogen and oxygen atoms in total. The van der Waals surface area contributed by atoms with Gasteiger partial charge in [0, 0.05) is 35.9 Å². The van der Waals surface area contributed by atoms with Crippen molar-refractivity contribution in [2.24, 2.45) is 0 Å². The van der Waals surface area contributed by atoms with Gasteiger partial charge in [-0.2, -0.15) is 0 Å². The molecule has 0 atom stereocenters. The van der Waals surface area contributed by atoms with Crippen LogP contribution in [0.15, 0.2) is 60.3 Å². The number of nitrogens with zero attached hydrogens (tertiary/aromatic N) is 2. The van der Waals surface area contributed by atoms with Crippen LogP contribution in [-0.4, -0.2) is 27.6 Å². The summed E-state index contributed by atoms with van der Waals surface area (Å²) in [5, 5.41) is 0. The van der Waals surface area contributed by atoms with Gasteiger partial charge in [0.15, 0.2) is 11.4 Å². The van der Waals surface area contributed by atoms with Crippen LogP contribution in [0.2, 0.25) is 0 Å². The molecule has 2 aliphatic heterocycles. The minimum Gasteiger partial charge on any atom is -1.00 e. The SMILES string of the molecule is [Cl-].[NH3+]NC(=O)CCc1ccc2n1[B-](F)(F)[N+]1=C(c3ccccc3)C=CC1=C2. The van der Waals surface area contributed by atoms with Gasteiger partial charge in [-0.05, 0) is 36.4 Å². The number of carbonyl (C=O) groups excluding carboxylic acids is 1. The zero-order chi connectivity index (χ0) is 18.3. The molecule has 1 aromatic heterocycles. The highest BCUT2D eigenvalue weighted by molar-refractivity contribution is 6.58. The molecule has 140 valence electrons. The lowest BCUT2D eigenvalue weighted by Gasteiger charge is -2.30. The van der Waals surface area contributed by atoms with E-state index in [9.17, 15) is 4.79 Å². The van der Waals surface area contributed by atoms with E-state index in [1.54, 1.807) is 30.4 Å². The number of fused-ring (bicyclic) bond motifs is 2. The lowest BCUT2D eigenvalue weighted by atomic mass is 9.89. The van der Waals surface area contributed by atoms with E-state index in [-0.39, 0.29) is 31.2 Å². The number of amides is 1. The van der Waals surface area contributed by atoms with E-state index in [2.05, 4.69) is 11.3 Å². The number of aromatic nitrogens is 1. The third-order valence-electron chi connectivity index (χ3n) is 4.78. The number of nitrogens with one attached hydrogen (secondary N) is 1. The summed E-state index contributed by atoms with van der Waals surface area (Å²) in [4.78, 5) is 11.5. The van der Waals surface area contributed by atoms with Crippen molar-refractivity contribution < 1.29 is 36.2 Å². The van der Waals surface area contributed by atoms with Crippen LogP contribution >= 0.6 is 0 Å². The summed E-state index contributed by atoms with van der Waals surface area (Å²) in [6.07, 6.45) is 5.52. The second-order valence-corrected chi connectivity index (χ2v) is 6.33. The Morgan fingerprint density at radius 2 is 1.89 bits per heavy atom. The van der Waals surface area contributed by atoms with Crippen molar-refractivity contribution in [2.75, 3.05) is 0 Å². The molecule has 4 N–H and O–H groups in total. The van der Waals surface area contributed by atoms with Crippen LogP contribution in [0, 0.1) is 0 Å². The molecule has 0 fully saturated rings. The van der Waals surface area contributed by atoms with Gasteiger partial charge in [-0.3, -0.25) is 10.6 Å². The van der Waals surface area contributed by atoms with E-state index in [4.69, 9.17) is 0 Å². The van der Waals surface area contributed by atoms with Gasteiger partial charge in [0.05, 0.1) is 0 Å². The van der Waals surface area contributed by atoms with Gasteiger partial charge in [-0.1, -0.05) is 18.2 Å². The van der Waals surface area contributed by atoms with Crippen molar-refractivity contribution in [3.8, 4) is 0 Å². The summed E-state index contributed by atoms with van der Waals surface area (Å²) < 4.78 is 33.2. The van der Waals surface area contributed by atoms with E-state index in [1.807, 2.05) is 30.3 Å². The number of aryl methyl sites for hydroxylation is 1. The molecule has 3 heterocycles. The second kappa shape index (κ2) is 7.13. The lowest BCUT2D eigenvalue weighted by molar-refractivity contribution is -0.427. The molecule has 0 saturated heterocycles. The molecule has 1 aromatic carbocycles. The fourth-order valence-electron chi connectivity index (χ4n) is 3.58. The second-order valence-electron chi connectivity index (χ2n) is 6.33. The fourth-order valence-corrected chi connectivity index (χ4v) is 3.58. The molecule has 9 heteroatoms. The van der Waals surface area contributed by atoms with Gasteiger partial charge in [-0.15, -0.1) is 0 Å². The molecule has 1 amide bonds. The van der Waals surface area contributed by atoms with Gasteiger partial charge in [0.2, 0.25) is 0 Å². The Morgan fingerprint density at radius 1 is 1.15 bits per heavy atom. The number of rotatable bonds is 4. The summed E-state index contributed by atoms with van der Waals surface area (Å²) >= 11 is 0. The third kappa shape index (κ3) is 3.11. The molecule has 2 aromatic rings. The molecule has 2 aliphatic rings. The maximum atomic E-state index is 15.5. The Labute approximate surface area is 161 Å². The van der Waals surface area contributed by atoms with Crippen molar-refractivity contribution in [1.29, 1.82) is 0 Å². The Balaban J connectivity index is 0.00000210. The monoisotopic (exact) mass is 390 g/mol. The van der Waals surface area contributed by atoms with Crippen LogP contribution in [0.1, 0.15) is 23.4 Å². The van der Waals surface area contributed by atoms with Crippen LogP contribution < -0.4 is 23.7 Å². The van der Waals surface area contributed by atoms with Gasteiger partial charge >= 0.3 is 6.97 Å². The van der Waals surface area contributed by atoms with Gasteiger partial charge in [-0.25, -0.2) is 5.43 Å². The van der Waals surface area contributed by atoms with Crippen LogP contribution in [0.4, 0.5) is 8.63 Å². The maximum absolute atomic E-state index is 15.5. The summed E-state index contributed by atoms with van der Waals surface area (Å²) in [5.74, 6) is 3.03. The highest BCUT2D eigenvalue weighted by Gasteiger charge is 2.52. The fraction of sp³-hybridized carbons (Fsp3) is 0.111. The normalized spacial score (nSPS) is 16.3. The Hall–Kier alpha value is -2.71. The van der Waals surface area contributed by atoms with E-state index in [0.29, 0.717) is 22.8 Å². The Kier molecular flexibility index (Phi) is 5.04. The molecule has 0 bridgehead atoms. The minimum absolute atomic E-state index is 0. The van der Waals surface area contributed by atoms with E-state index >= 15 is 8.63 Å². The standard InChI is InChI=1S/C18H17BF2N4O.ClH/c20-19(21)24-14(9-11-18(26)23-22)6-7-15(24)12-16-8-10-17(25(16)19)13-4-2-1-3-5-13;/h1-8,10,12H,9,11,22H2,(H,23,26);1H. The molecule has 0 radical (unpaired) electrons. The number of quaternary nitrogens is 1. The number of benzene rings is 1.